The largest absolute Gasteiger partial charge is 0.0626 e. The molecule has 16 heavy (non-hydrogen) atoms. The molecule has 0 saturated heterocycles. The molecular formula is C16H16. The summed E-state index contributed by atoms with van der Waals surface area (Å²) in [4.78, 5) is 0. The maximum atomic E-state index is 8.03. The molecule has 0 N–H and O–H groups in total. The molecule has 0 aliphatic heterocycles. The van der Waals surface area contributed by atoms with Gasteiger partial charge in [-0.1, -0.05) is 48.5 Å². The minimum absolute atomic E-state index is 0.661. The highest BCUT2D eigenvalue weighted by Gasteiger charge is 2.01. The van der Waals surface area contributed by atoms with Crippen molar-refractivity contribution in [1.82, 2.24) is 0 Å². The van der Waals surface area contributed by atoms with Gasteiger partial charge in [-0.25, -0.2) is 0 Å². The zero-order valence-corrected chi connectivity index (χ0v) is 9.29. The summed E-state index contributed by atoms with van der Waals surface area (Å²) in [6.45, 7) is 0. The summed E-state index contributed by atoms with van der Waals surface area (Å²) >= 11 is 0. The Morgan fingerprint density at radius 2 is 0.938 bits per heavy atom. The van der Waals surface area contributed by atoms with Crippen molar-refractivity contribution in [2.45, 2.75) is 25.7 Å². The number of aryl methyl sites for hydroxylation is 4. The molecule has 0 fully saturated rings. The Morgan fingerprint density at radius 3 is 1.38 bits per heavy atom. The molecule has 4 aliphatic rings. The standard InChI is InChI=1S/C16H16/c1-2-14-4-3-13(1)9-10-15-5-7-16(8-6-15)12-11-14/h1-8H,9-12H2/i1D,7D. The molecular weight excluding hydrogens is 192 g/mol. The Labute approximate surface area is 99.8 Å². The zero-order chi connectivity index (χ0) is 12.5. The van der Waals surface area contributed by atoms with Gasteiger partial charge in [0.15, 0.2) is 0 Å². The van der Waals surface area contributed by atoms with Crippen molar-refractivity contribution < 1.29 is 2.74 Å². The Bertz CT molecular complexity index is 534. The molecule has 0 atom stereocenters. The summed E-state index contributed by atoms with van der Waals surface area (Å²) in [6.07, 6.45) is 3.60. The smallest absolute Gasteiger partial charge is 0.0588 e. The third-order valence-electron chi connectivity index (χ3n) is 3.25. The van der Waals surface area contributed by atoms with Crippen molar-refractivity contribution in [1.29, 1.82) is 0 Å². The lowest BCUT2D eigenvalue weighted by atomic mass is 9.97. The first-order valence-corrected chi connectivity index (χ1v) is 5.89. The SMILES string of the molecule is [2H]c1cc2ccc1CCc1ccc(c([2H])c1)CC2. The van der Waals surface area contributed by atoms with Gasteiger partial charge in [-0.2, -0.15) is 0 Å². The third kappa shape index (κ3) is 2.01. The van der Waals surface area contributed by atoms with Gasteiger partial charge in [0, 0.05) is 0 Å². The highest BCUT2D eigenvalue weighted by atomic mass is 14.1. The van der Waals surface area contributed by atoms with E-state index in [1.165, 1.54) is 11.1 Å². The Kier molecular flexibility index (Phi) is 1.98. The summed E-state index contributed by atoms with van der Waals surface area (Å²) in [5.41, 5.74) is 4.62. The van der Waals surface area contributed by atoms with E-state index in [-0.39, 0.29) is 0 Å². The molecule has 0 heteroatoms. The fraction of sp³-hybridized carbons (Fsp3) is 0.250. The maximum Gasteiger partial charge on any atom is 0.0626 e. The quantitative estimate of drug-likeness (QED) is 0.623. The van der Waals surface area contributed by atoms with E-state index >= 15 is 0 Å². The molecule has 0 unspecified atom stereocenters. The van der Waals surface area contributed by atoms with Crippen LogP contribution >= 0.6 is 0 Å². The van der Waals surface area contributed by atoms with E-state index in [1.54, 1.807) is 0 Å². The van der Waals surface area contributed by atoms with Crippen LogP contribution in [0.15, 0.2) is 48.5 Å². The maximum absolute atomic E-state index is 8.03. The first-order valence-electron chi connectivity index (χ1n) is 6.89. The fourth-order valence-electron chi connectivity index (χ4n) is 2.16. The lowest BCUT2D eigenvalue weighted by Crippen LogP contribution is -1.97. The molecule has 2 aromatic rings. The molecule has 4 aliphatic carbocycles. The van der Waals surface area contributed by atoms with Gasteiger partial charge in [-0.05, 0) is 47.9 Å². The Hall–Kier alpha value is -1.56. The van der Waals surface area contributed by atoms with Gasteiger partial charge in [0.25, 0.3) is 0 Å². The van der Waals surface area contributed by atoms with Crippen LogP contribution in [0.5, 0.6) is 0 Å². The van der Waals surface area contributed by atoms with Crippen LogP contribution < -0.4 is 0 Å². The first kappa shape index (κ1) is 7.67. The number of hydrogen-bond acceptors (Lipinski definition) is 0. The summed E-state index contributed by atoms with van der Waals surface area (Å²) in [5, 5.41) is 0. The second-order valence-electron chi connectivity index (χ2n) is 4.44. The predicted molar refractivity (Wildman–Crippen MR) is 67.7 cm³/mol. The van der Waals surface area contributed by atoms with Crippen molar-refractivity contribution in [3.8, 4) is 0 Å². The van der Waals surface area contributed by atoms with E-state index in [0.717, 1.165) is 36.8 Å². The minimum Gasteiger partial charge on any atom is -0.0588 e. The van der Waals surface area contributed by atoms with Gasteiger partial charge >= 0.3 is 0 Å². The highest BCUT2D eigenvalue weighted by molar-refractivity contribution is 5.29. The zero-order valence-electron chi connectivity index (χ0n) is 11.3. The van der Waals surface area contributed by atoms with E-state index in [9.17, 15) is 0 Å². The number of hydrogen-bond donors (Lipinski definition) is 0. The predicted octanol–water partition coefficient (Wildman–Crippen LogP) is 3.57. The van der Waals surface area contributed by atoms with Crippen LogP contribution in [0.4, 0.5) is 0 Å². The molecule has 0 radical (unpaired) electrons. The van der Waals surface area contributed by atoms with Crippen molar-refractivity contribution in [2.75, 3.05) is 0 Å². The second kappa shape index (κ2) is 4.13. The van der Waals surface area contributed by atoms with Gasteiger partial charge in [0.1, 0.15) is 0 Å². The summed E-state index contributed by atoms with van der Waals surface area (Å²) in [6, 6.07) is 13.7. The average molecular weight is 210 g/mol. The van der Waals surface area contributed by atoms with Gasteiger partial charge in [-0.15, -0.1) is 0 Å². The molecule has 0 spiro atoms. The number of rotatable bonds is 0. The van der Waals surface area contributed by atoms with Crippen LogP contribution in [-0.4, -0.2) is 0 Å². The summed E-state index contributed by atoms with van der Waals surface area (Å²) < 4.78 is 16.1. The van der Waals surface area contributed by atoms with Crippen LogP contribution in [0.1, 0.15) is 25.0 Å². The topological polar surface area (TPSA) is 0 Å². The van der Waals surface area contributed by atoms with Gasteiger partial charge < -0.3 is 0 Å². The van der Waals surface area contributed by atoms with Crippen LogP contribution in [0.25, 0.3) is 0 Å². The lowest BCUT2D eigenvalue weighted by molar-refractivity contribution is 0.921. The Morgan fingerprint density at radius 1 is 0.562 bits per heavy atom. The normalized spacial score (nSPS) is 16.2. The van der Waals surface area contributed by atoms with E-state index in [2.05, 4.69) is 24.3 Å². The van der Waals surface area contributed by atoms with Crippen LogP contribution in [0.2, 0.25) is 0 Å². The molecule has 4 bridgehead atoms. The first-order chi connectivity index (χ1) is 8.72. The van der Waals surface area contributed by atoms with Gasteiger partial charge in [0.2, 0.25) is 0 Å². The number of benzene rings is 2. The van der Waals surface area contributed by atoms with Crippen molar-refractivity contribution in [2.24, 2.45) is 0 Å². The van der Waals surface area contributed by atoms with E-state index in [4.69, 9.17) is 2.74 Å². The fourth-order valence-corrected chi connectivity index (χ4v) is 2.16. The third-order valence-corrected chi connectivity index (χ3v) is 3.25. The molecule has 0 heterocycles. The van der Waals surface area contributed by atoms with Crippen LogP contribution in [-0.2, 0) is 25.7 Å². The molecule has 2 aromatic carbocycles. The van der Waals surface area contributed by atoms with Crippen molar-refractivity contribution in [3.05, 3.63) is 70.7 Å². The summed E-state index contributed by atoms with van der Waals surface area (Å²) in [7, 11) is 0. The van der Waals surface area contributed by atoms with E-state index in [0.29, 0.717) is 12.1 Å². The van der Waals surface area contributed by atoms with Gasteiger partial charge in [0.05, 0.1) is 2.74 Å². The van der Waals surface area contributed by atoms with Gasteiger partial charge in [-0.3, -0.25) is 0 Å². The molecule has 0 amide bonds. The molecule has 6 rings (SSSR count). The molecule has 0 nitrogen and oxygen atoms in total. The average Bonchev–Trinajstić information content (AvgIpc) is 2.34. The molecule has 0 aromatic heterocycles. The lowest BCUT2D eigenvalue weighted by Gasteiger charge is -2.09. The second-order valence-corrected chi connectivity index (χ2v) is 4.44. The van der Waals surface area contributed by atoms with Crippen LogP contribution in [0, 0.1) is 0 Å². The van der Waals surface area contributed by atoms with Crippen molar-refractivity contribution in [3.63, 3.8) is 0 Å². The monoisotopic (exact) mass is 210 g/mol. The molecule has 80 valence electrons. The van der Waals surface area contributed by atoms with Crippen molar-refractivity contribution >= 4 is 0 Å². The van der Waals surface area contributed by atoms with E-state index in [1.807, 2.05) is 12.1 Å². The highest BCUT2D eigenvalue weighted by Crippen LogP contribution is 2.14. The minimum atomic E-state index is 0.661. The summed E-state index contributed by atoms with van der Waals surface area (Å²) in [5.74, 6) is 0. The molecule has 0 saturated carbocycles. The Balaban J connectivity index is 2.03. The van der Waals surface area contributed by atoms with E-state index < -0.39 is 0 Å². The van der Waals surface area contributed by atoms with Crippen LogP contribution in [0.3, 0.4) is 0 Å².